The molecule has 4 aromatic rings. The molecular weight excluding hydrogens is 428 g/mol. The number of nitrogens with zero attached hydrogens (tertiary/aromatic N) is 5. The second kappa shape index (κ2) is 8.22. The largest absolute Gasteiger partial charge is 0.474 e. The normalized spacial score (nSPS) is 16.6. The molecule has 1 aromatic carbocycles. The van der Waals surface area contributed by atoms with Gasteiger partial charge in [-0.05, 0) is 48.7 Å². The Balaban J connectivity index is 1.20. The van der Waals surface area contributed by atoms with Crippen LogP contribution in [-0.2, 0) is 4.79 Å². The van der Waals surface area contributed by atoms with E-state index in [1.54, 1.807) is 12.4 Å². The van der Waals surface area contributed by atoms with Crippen LogP contribution in [-0.4, -0.2) is 38.7 Å². The summed E-state index contributed by atoms with van der Waals surface area (Å²) in [6, 6.07) is 16.1. The molecule has 3 aromatic heterocycles. The first kappa shape index (κ1) is 20.3. The number of aryl methyl sites for hydroxylation is 1. The average Bonchev–Trinajstić information content (AvgIpc) is 3.26. The van der Waals surface area contributed by atoms with Crippen LogP contribution in [0.3, 0.4) is 0 Å². The van der Waals surface area contributed by atoms with E-state index in [9.17, 15) is 4.79 Å². The van der Waals surface area contributed by atoms with Crippen LogP contribution in [0.5, 0.6) is 5.88 Å². The van der Waals surface area contributed by atoms with Gasteiger partial charge in [0, 0.05) is 29.9 Å². The van der Waals surface area contributed by atoms with Crippen molar-refractivity contribution in [1.82, 2.24) is 20.2 Å². The maximum atomic E-state index is 12.3. The molecule has 8 nitrogen and oxygen atoms in total. The topological polar surface area (TPSA) is 93.1 Å². The number of aromatic nitrogens is 4. The molecule has 1 saturated heterocycles. The Morgan fingerprint density at radius 1 is 1.00 bits per heavy atom. The van der Waals surface area contributed by atoms with Crippen molar-refractivity contribution in [3.8, 4) is 28.3 Å². The van der Waals surface area contributed by atoms with Crippen LogP contribution in [0.1, 0.15) is 18.4 Å². The number of pyridine rings is 2. The monoisotopic (exact) mass is 450 g/mol. The molecular formula is C26H22N6O2. The molecule has 2 aliphatic rings. The fourth-order valence-electron chi connectivity index (χ4n) is 4.49. The molecule has 0 saturated carbocycles. The van der Waals surface area contributed by atoms with E-state index < -0.39 is 0 Å². The lowest BCUT2D eigenvalue weighted by molar-refractivity contribution is -0.117. The molecule has 8 heteroatoms. The first-order valence-electron chi connectivity index (χ1n) is 11.2. The van der Waals surface area contributed by atoms with Crippen molar-refractivity contribution in [2.45, 2.75) is 25.8 Å². The number of hydrogen-bond acceptors (Lipinski definition) is 7. The van der Waals surface area contributed by atoms with Gasteiger partial charge >= 0.3 is 0 Å². The molecule has 0 spiro atoms. The standard InChI is InChI=1S/C26H22N6O2/c1-16-10-11-29-31-25(16)18-4-2-17(3-5-18)19-6-8-23(27-13-19)30-20-12-22-26(28-14-20)34-15-21-7-9-24(33)32(21)22/h2-6,8,10-14,21H,7,9,15H2,1H3,(H,27,30)/t21-/m0/s1. The van der Waals surface area contributed by atoms with E-state index in [0.717, 1.165) is 45.7 Å². The number of carbonyl (C=O) groups excluding carboxylic acids is 1. The quantitative estimate of drug-likeness (QED) is 0.488. The van der Waals surface area contributed by atoms with Crippen LogP contribution >= 0.6 is 0 Å². The summed E-state index contributed by atoms with van der Waals surface area (Å²) >= 11 is 0. The number of anilines is 3. The summed E-state index contributed by atoms with van der Waals surface area (Å²) in [4.78, 5) is 23.1. The summed E-state index contributed by atoms with van der Waals surface area (Å²) in [5, 5.41) is 11.5. The third-order valence-corrected chi connectivity index (χ3v) is 6.28. The van der Waals surface area contributed by atoms with E-state index in [0.29, 0.717) is 24.7 Å². The maximum absolute atomic E-state index is 12.3. The second-order valence-electron chi connectivity index (χ2n) is 8.51. The number of hydrogen-bond donors (Lipinski definition) is 1. The van der Waals surface area contributed by atoms with Crippen molar-refractivity contribution in [3.63, 3.8) is 0 Å². The summed E-state index contributed by atoms with van der Waals surface area (Å²) in [7, 11) is 0. The third-order valence-electron chi connectivity index (χ3n) is 6.28. The zero-order chi connectivity index (χ0) is 23.1. The summed E-state index contributed by atoms with van der Waals surface area (Å²) in [6.45, 7) is 2.53. The Kier molecular flexibility index (Phi) is 4.91. The van der Waals surface area contributed by atoms with Gasteiger partial charge in [-0.2, -0.15) is 10.2 Å². The van der Waals surface area contributed by atoms with Gasteiger partial charge in [-0.1, -0.05) is 24.3 Å². The van der Waals surface area contributed by atoms with Crippen molar-refractivity contribution in [2.75, 3.05) is 16.8 Å². The van der Waals surface area contributed by atoms with Crippen LogP contribution in [0.2, 0.25) is 0 Å². The zero-order valence-electron chi connectivity index (χ0n) is 18.6. The molecule has 1 atom stereocenters. The predicted octanol–water partition coefficient (Wildman–Crippen LogP) is 4.54. The Hall–Kier alpha value is -4.33. The van der Waals surface area contributed by atoms with E-state index in [2.05, 4.69) is 37.6 Å². The van der Waals surface area contributed by atoms with Crippen molar-refractivity contribution in [3.05, 3.63) is 72.7 Å². The number of rotatable bonds is 4. The minimum absolute atomic E-state index is 0.0960. The molecule has 5 heterocycles. The van der Waals surface area contributed by atoms with E-state index in [-0.39, 0.29) is 11.9 Å². The Morgan fingerprint density at radius 2 is 1.82 bits per heavy atom. The highest BCUT2D eigenvalue weighted by atomic mass is 16.5. The fourth-order valence-corrected chi connectivity index (χ4v) is 4.49. The number of nitrogens with one attached hydrogen (secondary N) is 1. The minimum atomic E-state index is 0.0960. The number of fused-ring (bicyclic) bond motifs is 3. The molecule has 0 bridgehead atoms. The SMILES string of the molecule is Cc1ccnnc1-c1ccc(-c2ccc(Nc3cnc4c(c3)N3C(=O)CC[C@H]3CO4)nc2)cc1. The molecule has 34 heavy (non-hydrogen) atoms. The summed E-state index contributed by atoms with van der Waals surface area (Å²) in [6.07, 6.45) is 6.60. The van der Waals surface area contributed by atoms with E-state index in [1.165, 1.54) is 0 Å². The van der Waals surface area contributed by atoms with E-state index in [4.69, 9.17) is 4.74 Å². The predicted molar refractivity (Wildman–Crippen MR) is 129 cm³/mol. The van der Waals surface area contributed by atoms with Gasteiger partial charge in [-0.3, -0.25) is 4.79 Å². The molecule has 6 rings (SSSR count). The first-order chi connectivity index (χ1) is 16.7. The van der Waals surface area contributed by atoms with Crippen LogP contribution in [0.4, 0.5) is 17.2 Å². The minimum Gasteiger partial charge on any atom is -0.474 e. The van der Waals surface area contributed by atoms with Gasteiger partial charge < -0.3 is 15.0 Å². The summed E-state index contributed by atoms with van der Waals surface area (Å²) in [5.41, 5.74) is 6.56. The van der Waals surface area contributed by atoms with Gasteiger partial charge in [0.05, 0.1) is 23.6 Å². The number of benzene rings is 1. The number of amides is 1. The lowest BCUT2D eigenvalue weighted by atomic mass is 10.0. The molecule has 1 fully saturated rings. The van der Waals surface area contributed by atoms with Crippen molar-refractivity contribution >= 4 is 23.1 Å². The molecule has 0 unspecified atom stereocenters. The van der Waals surface area contributed by atoms with E-state index >= 15 is 0 Å². The van der Waals surface area contributed by atoms with Gasteiger partial charge in [0.25, 0.3) is 0 Å². The zero-order valence-corrected chi connectivity index (χ0v) is 18.6. The fraction of sp³-hybridized carbons (Fsp3) is 0.192. The van der Waals surface area contributed by atoms with E-state index in [1.807, 2.05) is 54.4 Å². The lowest BCUT2D eigenvalue weighted by Crippen LogP contribution is -2.40. The van der Waals surface area contributed by atoms with Crippen LogP contribution in [0.25, 0.3) is 22.4 Å². The summed E-state index contributed by atoms with van der Waals surface area (Å²) in [5.74, 6) is 1.32. The number of ether oxygens (including phenoxy) is 1. The molecule has 0 radical (unpaired) electrons. The number of carbonyl (C=O) groups is 1. The highest BCUT2D eigenvalue weighted by Gasteiger charge is 2.38. The van der Waals surface area contributed by atoms with Gasteiger partial charge in [0.15, 0.2) is 0 Å². The van der Waals surface area contributed by atoms with Gasteiger partial charge in [-0.25, -0.2) is 9.97 Å². The van der Waals surface area contributed by atoms with Gasteiger partial charge in [0.2, 0.25) is 11.8 Å². The molecule has 1 N–H and O–H groups in total. The first-order valence-corrected chi connectivity index (χ1v) is 11.2. The van der Waals surface area contributed by atoms with Gasteiger partial charge in [0.1, 0.15) is 18.1 Å². The van der Waals surface area contributed by atoms with Crippen molar-refractivity contribution in [1.29, 1.82) is 0 Å². The summed E-state index contributed by atoms with van der Waals surface area (Å²) < 4.78 is 5.74. The van der Waals surface area contributed by atoms with Crippen molar-refractivity contribution in [2.24, 2.45) is 0 Å². The third kappa shape index (κ3) is 3.63. The Morgan fingerprint density at radius 3 is 2.62 bits per heavy atom. The maximum Gasteiger partial charge on any atom is 0.238 e. The van der Waals surface area contributed by atoms with Gasteiger partial charge in [-0.15, -0.1) is 0 Å². The molecule has 2 aliphatic heterocycles. The van der Waals surface area contributed by atoms with Crippen LogP contribution < -0.4 is 15.0 Å². The van der Waals surface area contributed by atoms with Crippen LogP contribution in [0, 0.1) is 6.92 Å². The Labute approximate surface area is 196 Å². The second-order valence-corrected chi connectivity index (χ2v) is 8.51. The Bertz CT molecular complexity index is 1370. The highest BCUT2D eigenvalue weighted by molar-refractivity contribution is 5.98. The molecule has 0 aliphatic carbocycles. The van der Waals surface area contributed by atoms with Crippen LogP contribution in [0.15, 0.2) is 67.1 Å². The average molecular weight is 451 g/mol. The lowest BCUT2D eigenvalue weighted by Gasteiger charge is -2.31. The highest BCUT2D eigenvalue weighted by Crippen LogP contribution is 2.39. The smallest absolute Gasteiger partial charge is 0.238 e. The molecule has 1 amide bonds. The molecule has 168 valence electrons. The van der Waals surface area contributed by atoms with Crippen molar-refractivity contribution < 1.29 is 9.53 Å².